The van der Waals surface area contributed by atoms with Crippen molar-refractivity contribution in [3.8, 4) is 5.75 Å². The molecule has 0 radical (unpaired) electrons. The van der Waals surface area contributed by atoms with Gasteiger partial charge in [0, 0.05) is 6.42 Å². The Balaban J connectivity index is 1.16. The van der Waals surface area contributed by atoms with Gasteiger partial charge in [-0.05, 0) is 141 Å². The molecule has 0 heterocycles. The zero-order chi connectivity index (χ0) is 35.7. The van der Waals surface area contributed by atoms with Crippen molar-refractivity contribution in [3.63, 3.8) is 0 Å². The number of aromatic hydroxyl groups is 1. The van der Waals surface area contributed by atoms with Crippen molar-refractivity contribution in [1.82, 2.24) is 4.90 Å². The first-order valence-corrected chi connectivity index (χ1v) is 18.1. The molecule has 48 heavy (non-hydrogen) atoms. The molecule has 13 heteroatoms. The number of thioether (sulfide) groups is 1. The van der Waals surface area contributed by atoms with Crippen LogP contribution in [0, 0.1) is 23.2 Å². The van der Waals surface area contributed by atoms with Gasteiger partial charge in [-0.1, -0.05) is 32.4 Å². The molecule has 0 aromatic heterocycles. The molecule has 1 aromatic rings. The maximum Gasteiger partial charge on any atom is 0.460 e. The minimum absolute atomic E-state index is 0.0532. The lowest BCUT2D eigenvalue weighted by atomic mass is 9.52. The van der Waals surface area contributed by atoms with Crippen LogP contribution in [-0.4, -0.2) is 76.8 Å². The molecule has 6 atom stereocenters. The molecule has 0 saturated heterocycles. The second kappa shape index (κ2) is 14.9. The lowest BCUT2D eigenvalue weighted by Crippen LogP contribution is -2.60. The highest BCUT2D eigenvalue weighted by molar-refractivity contribution is 7.99. The third-order valence-electron chi connectivity index (χ3n) is 11.3. The number of unbranched alkanes of at least 4 members (excludes halogenated alkanes) is 2. The zero-order valence-electron chi connectivity index (χ0n) is 27.6. The highest BCUT2D eigenvalue weighted by Crippen LogP contribution is 2.64. The predicted molar refractivity (Wildman–Crippen MR) is 170 cm³/mol. The fourth-order valence-electron chi connectivity index (χ4n) is 8.56. The molecule has 2 N–H and O–H groups in total. The number of benzene rings is 1. The number of phenols is 1. The minimum atomic E-state index is -6.83. The molecule has 2 fully saturated rings. The summed E-state index contributed by atoms with van der Waals surface area (Å²) in [5.41, 5.74) is 3.49. The maximum atomic E-state index is 13.7. The van der Waals surface area contributed by atoms with Crippen molar-refractivity contribution in [1.29, 1.82) is 0 Å². The number of rotatable bonds is 16. The van der Waals surface area contributed by atoms with Crippen molar-refractivity contribution < 1.29 is 49.7 Å². The van der Waals surface area contributed by atoms with Crippen molar-refractivity contribution in [2.24, 2.45) is 23.2 Å². The van der Waals surface area contributed by atoms with Crippen LogP contribution in [0.3, 0.4) is 0 Å². The van der Waals surface area contributed by atoms with Gasteiger partial charge in [0.25, 0.3) is 0 Å². The summed E-state index contributed by atoms with van der Waals surface area (Å²) < 4.78 is 117. The number of halogens is 9. The molecule has 274 valence electrons. The SMILES string of the molecule is C=C1[C@H](O)CC2C3C(CC[C@]12C)c1ccc(O)cc1C[C@H]3CCCCCN(C)CCCSCCCC(F)(F)C(F)(F)C(F)(F)C(F)(F)F. The average Bonchev–Trinajstić information content (AvgIpc) is 3.23. The summed E-state index contributed by atoms with van der Waals surface area (Å²) in [6.45, 7) is 8.12. The van der Waals surface area contributed by atoms with Crippen LogP contribution in [0.4, 0.5) is 39.5 Å². The quantitative estimate of drug-likeness (QED) is 0.102. The molecule has 0 spiro atoms. The fourth-order valence-corrected chi connectivity index (χ4v) is 9.44. The minimum Gasteiger partial charge on any atom is -0.508 e. The van der Waals surface area contributed by atoms with E-state index in [1.165, 1.54) is 22.9 Å². The Labute approximate surface area is 281 Å². The molecule has 0 aliphatic heterocycles. The molecule has 3 aliphatic carbocycles. The van der Waals surface area contributed by atoms with Gasteiger partial charge in [0.05, 0.1) is 6.10 Å². The van der Waals surface area contributed by atoms with E-state index in [9.17, 15) is 49.7 Å². The van der Waals surface area contributed by atoms with Crippen LogP contribution in [-0.2, 0) is 6.42 Å². The summed E-state index contributed by atoms with van der Waals surface area (Å²) in [7, 11) is 1.96. The number of hydrogen-bond acceptors (Lipinski definition) is 4. The lowest BCUT2D eigenvalue weighted by molar-refractivity contribution is -0.396. The summed E-state index contributed by atoms with van der Waals surface area (Å²) in [6.07, 6.45) is -1.12. The topological polar surface area (TPSA) is 43.7 Å². The molecule has 3 unspecified atom stereocenters. The van der Waals surface area contributed by atoms with Crippen LogP contribution >= 0.6 is 11.8 Å². The highest BCUT2D eigenvalue weighted by Gasteiger charge is 2.81. The molecule has 0 amide bonds. The van der Waals surface area contributed by atoms with E-state index in [2.05, 4.69) is 24.5 Å². The molecule has 3 aliphatic rings. The van der Waals surface area contributed by atoms with Crippen LogP contribution in [0.2, 0.25) is 0 Å². The van der Waals surface area contributed by atoms with Gasteiger partial charge in [-0.2, -0.15) is 51.3 Å². The maximum absolute atomic E-state index is 13.7. The molecule has 4 rings (SSSR count). The second-order valence-electron chi connectivity index (χ2n) is 14.4. The van der Waals surface area contributed by atoms with E-state index in [0.29, 0.717) is 42.4 Å². The summed E-state index contributed by atoms with van der Waals surface area (Å²) in [4.78, 5) is 2.14. The molecular weight excluding hydrogens is 669 g/mol. The zero-order valence-corrected chi connectivity index (χ0v) is 28.4. The summed E-state index contributed by atoms with van der Waals surface area (Å²) in [5, 5.41) is 21.0. The van der Waals surface area contributed by atoms with E-state index in [1.54, 1.807) is 6.07 Å². The van der Waals surface area contributed by atoms with Crippen LogP contribution < -0.4 is 0 Å². The van der Waals surface area contributed by atoms with Gasteiger partial charge in [-0.15, -0.1) is 0 Å². The number of nitrogens with zero attached hydrogens (tertiary/aromatic N) is 1. The van der Waals surface area contributed by atoms with E-state index >= 15 is 0 Å². The van der Waals surface area contributed by atoms with Crippen molar-refractivity contribution in [2.75, 3.05) is 31.6 Å². The fraction of sp³-hybridized carbons (Fsp3) is 0.771. The van der Waals surface area contributed by atoms with E-state index in [0.717, 1.165) is 63.5 Å². The Morgan fingerprint density at radius 3 is 2.29 bits per heavy atom. The predicted octanol–water partition coefficient (Wildman–Crippen LogP) is 9.87. The van der Waals surface area contributed by atoms with E-state index in [1.807, 2.05) is 13.1 Å². The third kappa shape index (κ3) is 7.82. The molecule has 1 aromatic carbocycles. The Morgan fingerprint density at radius 2 is 1.60 bits per heavy atom. The lowest BCUT2D eigenvalue weighted by Gasteiger charge is -2.52. The van der Waals surface area contributed by atoms with Gasteiger partial charge < -0.3 is 15.1 Å². The number of alkyl halides is 9. The monoisotopic (exact) mass is 717 g/mol. The highest BCUT2D eigenvalue weighted by atomic mass is 32.2. The Morgan fingerprint density at radius 1 is 0.938 bits per heavy atom. The molecule has 3 nitrogen and oxygen atoms in total. The Kier molecular flexibility index (Phi) is 12.2. The normalized spacial score (nSPS) is 28.0. The van der Waals surface area contributed by atoms with Gasteiger partial charge in [0.1, 0.15) is 5.75 Å². The molecule has 0 bridgehead atoms. The van der Waals surface area contributed by atoms with Crippen LogP contribution in [0.15, 0.2) is 30.4 Å². The van der Waals surface area contributed by atoms with Crippen molar-refractivity contribution in [3.05, 3.63) is 41.5 Å². The van der Waals surface area contributed by atoms with Crippen molar-refractivity contribution >= 4 is 11.8 Å². The van der Waals surface area contributed by atoms with Gasteiger partial charge in [0.15, 0.2) is 0 Å². The van der Waals surface area contributed by atoms with E-state index in [-0.39, 0.29) is 16.9 Å². The van der Waals surface area contributed by atoms with Gasteiger partial charge in [-0.25, -0.2) is 0 Å². The Bertz CT molecular complexity index is 1260. The second-order valence-corrected chi connectivity index (χ2v) is 15.7. The van der Waals surface area contributed by atoms with Gasteiger partial charge in [0.2, 0.25) is 0 Å². The number of aliphatic hydroxyl groups excluding tert-OH is 1. The number of hydrogen-bond donors (Lipinski definition) is 2. The van der Waals surface area contributed by atoms with Crippen LogP contribution in [0.5, 0.6) is 5.75 Å². The van der Waals surface area contributed by atoms with Crippen molar-refractivity contribution in [2.45, 2.75) is 114 Å². The summed E-state index contributed by atoms with van der Waals surface area (Å²) in [5.74, 6) is -16.4. The van der Waals surface area contributed by atoms with Crippen LogP contribution in [0.1, 0.15) is 88.2 Å². The first-order valence-electron chi connectivity index (χ1n) is 16.9. The number of aliphatic hydroxyl groups is 1. The van der Waals surface area contributed by atoms with Gasteiger partial charge >= 0.3 is 23.9 Å². The van der Waals surface area contributed by atoms with Gasteiger partial charge in [-0.3, -0.25) is 0 Å². The average molecular weight is 718 g/mol. The van der Waals surface area contributed by atoms with E-state index < -0.39 is 42.9 Å². The standard InChI is InChI=1S/C35H48F9NO2S/c1-22-29(47)21-28-30-23(19-24-20-25(46)10-11-26(24)27(30)12-14-31(22,28)2)9-5-4-6-15-45(3)16-8-18-48-17-7-13-32(36,37)33(38,39)34(40,41)35(42,43)44/h10-11,20,23,27-30,46-47H,1,4-9,12-19,21H2,2-3H3/t23-,27?,28?,29-,30?,31-/m1/s1. The van der Waals surface area contributed by atoms with E-state index in [4.69, 9.17) is 0 Å². The summed E-state index contributed by atoms with van der Waals surface area (Å²) in [6, 6.07) is 5.78. The molecular formula is C35H48F9NO2S. The Hall–Kier alpha value is -1.60. The smallest absolute Gasteiger partial charge is 0.460 e. The molecule has 2 saturated carbocycles. The first kappa shape index (κ1) is 39.2. The first-order chi connectivity index (χ1) is 22.2. The number of fused-ring (bicyclic) bond motifs is 5. The number of phenolic OH excluding ortho intramolecular Hbond substituents is 1. The third-order valence-corrected chi connectivity index (χ3v) is 12.5. The summed E-state index contributed by atoms with van der Waals surface area (Å²) >= 11 is 1.17. The largest absolute Gasteiger partial charge is 0.508 e. The van der Waals surface area contributed by atoms with Crippen LogP contribution in [0.25, 0.3) is 0 Å².